The van der Waals surface area contributed by atoms with Crippen LogP contribution in [0.15, 0.2) is 18.2 Å². The molecule has 0 saturated heterocycles. The first-order valence-electron chi connectivity index (χ1n) is 7.67. The lowest BCUT2D eigenvalue weighted by atomic mass is 9.94. The average molecular weight is 280 g/mol. The molecule has 0 amide bonds. The van der Waals surface area contributed by atoms with Gasteiger partial charge < -0.3 is 4.74 Å². The van der Waals surface area contributed by atoms with E-state index in [0.29, 0.717) is 5.92 Å². The molecule has 1 aromatic rings. The zero-order chi connectivity index (χ0) is 14.3. The topological polar surface area (TPSA) is 9.23 Å². The van der Waals surface area contributed by atoms with Gasteiger partial charge in [-0.25, -0.2) is 0 Å². The van der Waals surface area contributed by atoms with Gasteiger partial charge in [0.25, 0.3) is 0 Å². The van der Waals surface area contributed by atoms with Crippen LogP contribution in [0, 0.1) is 0 Å². The molecule has 0 bridgehead atoms. The molecule has 0 aliphatic rings. The van der Waals surface area contributed by atoms with Gasteiger partial charge in [0, 0.05) is 0 Å². The summed E-state index contributed by atoms with van der Waals surface area (Å²) in [7, 11) is 2.77. The SMILES string of the molecule is CCCCc1ccc(OC(P)CC)c(C(C)CC)c1. The lowest BCUT2D eigenvalue weighted by Gasteiger charge is -2.20. The van der Waals surface area contributed by atoms with Crippen molar-refractivity contribution in [1.29, 1.82) is 0 Å². The smallest absolute Gasteiger partial charge is 0.123 e. The minimum atomic E-state index is 0.212. The van der Waals surface area contributed by atoms with E-state index in [2.05, 4.69) is 55.1 Å². The molecule has 1 aromatic carbocycles. The van der Waals surface area contributed by atoms with Crippen LogP contribution in [0.2, 0.25) is 0 Å². The Hall–Kier alpha value is -0.550. The standard InChI is InChI=1S/C17H29OP/c1-5-8-9-14-10-11-16(18-17(19)7-3)15(12-14)13(4)6-2/h10-13,17H,5-9,19H2,1-4H3. The highest BCUT2D eigenvalue weighted by Crippen LogP contribution is 2.32. The molecular weight excluding hydrogens is 251 g/mol. The van der Waals surface area contributed by atoms with Gasteiger partial charge >= 0.3 is 0 Å². The van der Waals surface area contributed by atoms with Gasteiger partial charge in [-0.05, 0) is 48.8 Å². The predicted octanol–water partition coefficient (Wildman–Crippen LogP) is 5.53. The van der Waals surface area contributed by atoms with Crippen LogP contribution in [0.5, 0.6) is 5.75 Å². The largest absolute Gasteiger partial charge is 0.486 e. The zero-order valence-corrected chi connectivity index (χ0v) is 14.1. The molecule has 1 rings (SSSR count). The maximum absolute atomic E-state index is 6.04. The lowest BCUT2D eigenvalue weighted by molar-refractivity contribution is 0.278. The Kier molecular flexibility index (Phi) is 7.46. The van der Waals surface area contributed by atoms with E-state index in [1.54, 1.807) is 0 Å². The first kappa shape index (κ1) is 16.5. The number of aryl methyl sites for hydroxylation is 1. The van der Waals surface area contributed by atoms with Crippen LogP contribution in [-0.2, 0) is 6.42 Å². The van der Waals surface area contributed by atoms with Crippen LogP contribution in [0.1, 0.15) is 70.4 Å². The second-order valence-electron chi connectivity index (χ2n) is 5.35. The maximum Gasteiger partial charge on any atom is 0.123 e. The Labute approximate surface area is 121 Å². The summed E-state index contributed by atoms with van der Waals surface area (Å²) < 4.78 is 6.04. The van der Waals surface area contributed by atoms with Crippen molar-refractivity contribution in [3.05, 3.63) is 29.3 Å². The van der Waals surface area contributed by atoms with Crippen LogP contribution >= 0.6 is 9.24 Å². The molecule has 108 valence electrons. The molecule has 0 fully saturated rings. The summed E-state index contributed by atoms with van der Waals surface area (Å²) in [6.45, 7) is 8.92. The van der Waals surface area contributed by atoms with Crippen LogP contribution in [0.3, 0.4) is 0 Å². The van der Waals surface area contributed by atoms with Crippen molar-refractivity contribution in [2.75, 3.05) is 0 Å². The highest BCUT2D eigenvalue weighted by atomic mass is 31.0. The van der Waals surface area contributed by atoms with Gasteiger partial charge in [-0.2, -0.15) is 0 Å². The minimum absolute atomic E-state index is 0.212. The second-order valence-corrected chi connectivity index (χ2v) is 6.09. The molecule has 3 atom stereocenters. The van der Waals surface area contributed by atoms with Crippen molar-refractivity contribution in [2.45, 2.75) is 71.6 Å². The van der Waals surface area contributed by atoms with Gasteiger partial charge in [-0.15, -0.1) is 0 Å². The number of ether oxygens (including phenoxy) is 1. The summed E-state index contributed by atoms with van der Waals surface area (Å²) in [5.74, 6) is 1.84. The predicted molar refractivity (Wildman–Crippen MR) is 88.2 cm³/mol. The molecule has 2 heteroatoms. The van der Waals surface area contributed by atoms with Crippen molar-refractivity contribution < 1.29 is 4.74 Å². The van der Waals surface area contributed by atoms with Crippen LogP contribution in [0.25, 0.3) is 0 Å². The Morgan fingerprint density at radius 1 is 1.16 bits per heavy atom. The van der Waals surface area contributed by atoms with Crippen molar-refractivity contribution in [3.63, 3.8) is 0 Å². The van der Waals surface area contributed by atoms with Crippen LogP contribution in [-0.4, -0.2) is 5.85 Å². The quantitative estimate of drug-likeness (QED) is 0.569. The maximum atomic E-state index is 6.04. The molecule has 0 saturated carbocycles. The van der Waals surface area contributed by atoms with E-state index in [-0.39, 0.29) is 5.85 Å². The number of unbranched alkanes of at least 4 members (excludes halogenated alkanes) is 1. The summed E-state index contributed by atoms with van der Waals surface area (Å²) in [4.78, 5) is 0. The van der Waals surface area contributed by atoms with E-state index >= 15 is 0 Å². The molecule has 19 heavy (non-hydrogen) atoms. The van der Waals surface area contributed by atoms with E-state index in [9.17, 15) is 0 Å². The minimum Gasteiger partial charge on any atom is -0.486 e. The molecule has 0 aromatic heterocycles. The van der Waals surface area contributed by atoms with Crippen molar-refractivity contribution in [3.8, 4) is 5.75 Å². The zero-order valence-electron chi connectivity index (χ0n) is 12.9. The van der Waals surface area contributed by atoms with Gasteiger partial charge in [-0.1, -0.05) is 55.5 Å². The fraction of sp³-hybridized carbons (Fsp3) is 0.647. The Bertz CT molecular complexity index is 376. The van der Waals surface area contributed by atoms with Crippen molar-refractivity contribution in [2.24, 2.45) is 0 Å². The third-order valence-electron chi connectivity index (χ3n) is 3.72. The molecule has 0 spiro atoms. The Morgan fingerprint density at radius 2 is 1.89 bits per heavy atom. The van der Waals surface area contributed by atoms with Crippen LogP contribution < -0.4 is 4.74 Å². The Balaban J connectivity index is 2.95. The first-order chi connectivity index (χ1) is 9.12. The average Bonchev–Trinajstić information content (AvgIpc) is 2.45. The van der Waals surface area contributed by atoms with Gasteiger partial charge in [0.05, 0.1) is 0 Å². The summed E-state index contributed by atoms with van der Waals surface area (Å²) in [6, 6.07) is 6.75. The van der Waals surface area contributed by atoms with E-state index in [1.165, 1.54) is 30.4 Å². The number of hydrogen-bond donors (Lipinski definition) is 0. The summed E-state index contributed by atoms with van der Waals surface area (Å²) in [6.07, 6.45) is 5.86. The van der Waals surface area contributed by atoms with Gasteiger partial charge in [-0.3, -0.25) is 0 Å². The molecule has 0 N–H and O–H groups in total. The molecular formula is C17H29OP. The normalized spacial score (nSPS) is 14.2. The number of benzene rings is 1. The summed E-state index contributed by atoms with van der Waals surface area (Å²) in [5, 5.41) is 0. The molecule has 0 heterocycles. The molecule has 0 aliphatic heterocycles. The van der Waals surface area contributed by atoms with E-state index in [4.69, 9.17) is 4.74 Å². The monoisotopic (exact) mass is 280 g/mol. The molecule has 0 radical (unpaired) electrons. The fourth-order valence-corrected chi connectivity index (χ4v) is 2.24. The number of hydrogen-bond acceptors (Lipinski definition) is 1. The summed E-state index contributed by atoms with van der Waals surface area (Å²) in [5.41, 5.74) is 2.82. The van der Waals surface area contributed by atoms with Crippen LogP contribution in [0.4, 0.5) is 0 Å². The van der Waals surface area contributed by atoms with E-state index < -0.39 is 0 Å². The lowest BCUT2D eigenvalue weighted by Crippen LogP contribution is -2.09. The van der Waals surface area contributed by atoms with Crippen molar-refractivity contribution >= 4 is 9.24 Å². The highest BCUT2D eigenvalue weighted by molar-refractivity contribution is 7.17. The highest BCUT2D eigenvalue weighted by Gasteiger charge is 2.13. The molecule has 0 aliphatic carbocycles. The Morgan fingerprint density at radius 3 is 2.47 bits per heavy atom. The summed E-state index contributed by atoms with van der Waals surface area (Å²) >= 11 is 0. The fourth-order valence-electron chi connectivity index (χ4n) is 2.09. The molecule has 1 nitrogen and oxygen atoms in total. The van der Waals surface area contributed by atoms with Gasteiger partial charge in [0.1, 0.15) is 11.6 Å². The first-order valence-corrected chi connectivity index (χ1v) is 8.34. The third kappa shape index (κ3) is 5.15. The van der Waals surface area contributed by atoms with E-state index in [1.807, 2.05) is 0 Å². The second kappa shape index (κ2) is 8.59. The van der Waals surface area contributed by atoms with Gasteiger partial charge in [0.15, 0.2) is 0 Å². The molecule has 3 unspecified atom stereocenters. The van der Waals surface area contributed by atoms with Gasteiger partial charge in [0.2, 0.25) is 0 Å². The third-order valence-corrected chi connectivity index (χ3v) is 4.32. The van der Waals surface area contributed by atoms with E-state index in [0.717, 1.165) is 18.6 Å². The van der Waals surface area contributed by atoms with Crippen molar-refractivity contribution in [1.82, 2.24) is 0 Å². The number of rotatable bonds is 8.